The van der Waals surface area contributed by atoms with Crippen molar-refractivity contribution in [2.24, 2.45) is 0 Å². The normalized spacial score (nSPS) is 14.9. The zero-order chi connectivity index (χ0) is 14.2. The highest BCUT2D eigenvalue weighted by Gasteiger charge is 2.43. The number of carbonyl (C=O) groups excluding carboxylic acids is 1. The standard InChI is InChI=1S/C13H13Cl2N3O/c1-13(2,7-16)18(8-3-4-8)12(19)11-9(14)5-6-10(15)17-11/h5-6,8H,3-4H2,1-2H3. The number of hydrogen-bond acceptors (Lipinski definition) is 3. The van der Waals surface area contributed by atoms with Gasteiger partial charge in [-0.15, -0.1) is 0 Å². The van der Waals surface area contributed by atoms with Crippen molar-refractivity contribution >= 4 is 29.1 Å². The molecule has 1 aliphatic carbocycles. The second kappa shape index (κ2) is 4.99. The predicted octanol–water partition coefficient (Wildman–Crippen LogP) is 3.30. The van der Waals surface area contributed by atoms with Crippen molar-refractivity contribution in [3.63, 3.8) is 0 Å². The lowest BCUT2D eigenvalue weighted by Crippen LogP contribution is -2.48. The predicted molar refractivity (Wildman–Crippen MR) is 73.1 cm³/mol. The van der Waals surface area contributed by atoms with Crippen LogP contribution in [0.4, 0.5) is 0 Å². The molecule has 0 aliphatic heterocycles. The molecular weight excluding hydrogens is 285 g/mol. The average Bonchev–Trinajstić information content (AvgIpc) is 3.16. The number of nitriles is 1. The molecule has 1 saturated carbocycles. The molecule has 1 fully saturated rings. The van der Waals surface area contributed by atoms with Crippen LogP contribution in [-0.4, -0.2) is 27.4 Å². The van der Waals surface area contributed by atoms with Crippen molar-refractivity contribution in [1.29, 1.82) is 5.26 Å². The largest absolute Gasteiger partial charge is 0.316 e. The monoisotopic (exact) mass is 297 g/mol. The second-order valence-electron chi connectivity index (χ2n) is 5.04. The summed E-state index contributed by atoms with van der Waals surface area (Å²) in [5.41, 5.74) is -0.796. The summed E-state index contributed by atoms with van der Waals surface area (Å²) in [5.74, 6) is -0.346. The maximum absolute atomic E-state index is 12.6. The SMILES string of the molecule is CC(C)(C#N)N(C(=O)c1nc(Cl)ccc1Cl)C1CC1. The Morgan fingerprint density at radius 1 is 1.47 bits per heavy atom. The number of amides is 1. The molecular formula is C13H13Cl2N3O. The van der Waals surface area contributed by atoms with Crippen LogP contribution in [-0.2, 0) is 0 Å². The van der Waals surface area contributed by atoms with Crippen LogP contribution in [0, 0.1) is 11.3 Å². The first-order valence-corrected chi connectivity index (χ1v) is 6.69. The van der Waals surface area contributed by atoms with Gasteiger partial charge in [0, 0.05) is 6.04 Å². The van der Waals surface area contributed by atoms with E-state index in [0.29, 0.717) is 0 Å². The Morgan fingerprint density at radius 2 is 2.11 bits per heavy atom. The zero-order valence-corrected chi connectivity index (χ0v) is 12.2. The van der Waals surface area contributed by atoms with Gasteiger partial charge in [0.05, 0.1) is 11.1 Å². The van der Waals surface area contributed by atoms with E-state index in [2.05, 4.69) is 11.1 Å². The Kier molecular flexibility index (Phi) is 3.71. The molecule has 0 atom stereocenters. The summed E-state index contributed by atoms with van der Waals surface area (Å²) in [5, 5.41) is 9.69. The lowest BCUT2D eigenvalue weighted by atomic mass is 10.0. The van der Waals surface area contributed by atoms with Gasteiger partial charge in [0.15, 0.2) is 0 Å². The maximum Gasteiger partial charge on any atom is 0.275 e. The fourth-order valence-electron chi connectivity index (χ4n) is 1.95. The minimum absolute atomic E-state index is 0.0824. The van der Waals surface area contributed by atoms with E-state index in [1.807, 2.05) is 0 Å². The third kappa shape index (κ3) is 2.83. The van der Waals surface area contributed by atoms with Crippen molar-refractivity contribution in [3.05, 3.63) is 28.0 Å². The minimum atomic E-state index is -0.897. The molecule has 2 rings (SSSR count). The van der Waals surface area contributed by atoms with Crippen LogP contribution in [0.1, 0.15) is 37.2 Å². The van der Waals surface area contributed by atoms with E-state index in [1.165, 1.54) is 12.1 Å². The number of rotatable bonds is 3. The van der Waals surface area contributed by atoms with Gasteiger partial charge < -0.3 is 4.90 Å². The van der Waals surface area contributed by atoms with Crippen LogP contribution in [0.2, 0.25) is 10.2 Å². The molecule has 0 aromatic carbocycles. The molecule has 0 spiro atoms. The summed E-state index contributed by atoms with van der Waals surface area (Å²) in [4.78, 5) is 18.1. The van der Waals surface area contributed by atoms with Gasteiger partial charge in [-0.3, -0.25) is 4.79 Å². The Balaban J connectivity index is 2.41. The van der Waals surface area contributed by atoms with Crippen LogP contribution in [0.3, 0.4) is 0 Å². The fourth-order valence-corrected chi connectivity index (χ4v) is 2.28. The van der Waals surface area contributed by atoms with Gasteiger partial charge in [-0.25, -0.2) is 4.98 Å². The van der Waals surface area contributed by atoms with E-state index in [1.54, 1.807) is 18.7 Å². The first-order valence-electron chi connectivity index (χ1n) is 5.94. The molecule has 19 heavy (non-hydrogen) atoms. The molecule has 1 aliphatic rings. The van der Waals surface area contributed by atoms with E-state index in [0.717, 1.165) is 12.8 Å². The van der Waals surface area contributed by atoms with Crippen LogP contribution in [0.15, 0.2) is 12.1 Å². The van der Waals surface area contributed by atoms with Crippen molar-refractivity contribution in [2.45, 2.75) is 38.3 Å². The van der Waals surface area contributed by atoms with Crippen LogP contribution in [0.5, 0.6) is 0 Å². The minimum Gasteiger partial charge on any atom is -0.316 e. The van der Waals surface area contributed by atoms with E-state index in [9.17, 15) is 10.1 Å². The number of carbonyl (C=O) groups is 1. The number of pyridine rings is 1. The number of halogens is 2. The van der Waals surface area contributed by atoms with Crippen molar-refractivity contribution in [3.8, 4) is 6.07 Å². The molecule has 100 valence electrons. The van der Waals surface area contributed by atoms with Crippen molar-refractivity contribution in [2.75, 3.05) is 0 Å². The first-order chi connectivity index (χ1) is 8.86. The van der Waals surface area contributed by atoms with E-state index < -0.39 is 5.54 Å². The molecule has 1 heterocycles. The van der Waals surface area contributed by atoms with Crippen LogP contribution >= 0.6 is 23.2 Å². The lowest BCUT2D eigenvalue weighted by molar-refractivity contribution is 0.0609. The second-order valence-corrected chi connectivity index (χ2v) is 5.84. The summed E-state index contributed by atoms with van der Waals surface area (Å²) in [6.45, 7) is 3.42. The van der Waals surface area contributed by atoms with Crippen molar-refractivity contribution in [1.82, 2.24) is 9.88 Å². The summed E-state index contributed by atoms with van der Waals surface area (Å²) in [6.07, 6.45) is 1.80. The Morgan fingerprint density at radius 3 is 2.63 bits per heavy atom. The fraction of sp³-hybridized carbons (Fsp3) is 0.462. The molecule has 1 aromatic rings. The third-order valence-corrected chi connectivity index (χ3v) is 3.54. The van der Waals surface area contributed by atoms with Gasteiger partial charge >= 0.3 is 0 Å². The highest BCUT2D eigenvalue weighted by Crippen LogP contribution is 2.34. The zero-order valence-electron chi connectivity index (χ0n) is 10.7. The van der Waals surface area contributed by atoms with Crippen LogP contribution in [0.25, 0.3) is 0 Å². The number of hydrogen-bond donors (Lipinski definition) is 0. The molecule has 1 aromatic heterocycles. The smallest absolute Gasteiger partial charge is 0.275 e. The van der Waals surface area contributed by atoms with E-state index in [-0.39, 0.29) is 27.8 Å². The third-order valence-electron chi connectivity index (χ3n) is 3.02. The molecule has 0 saturated heterocycles. The van der Waals surface area contributed by atoms with Gasteiger partial charge in [-0.05, 0) is 38.8 Å². The molecule has 0 bridgehead atoms. The molecule has 6 heteroatoms. The van der Waals surface area contributed by atoms with Crippen LogP contribution < -0.4 is 0 Å². The Bertz CT molecular complexity index is 561. The van der Waals surface area contributed by atoms with Gasteiger partial charge in [-0.2, -0.15) is 5.26 Å². The summed E-state index contributed by atoms with van der Waals surface area (Å²) >= 11 is 11.8. The summed E-state index contributed by atoms with van der Waals surface area (Å²) in [6, 6.07) is 5.29. The Labute approximate surface area is 121 Å². The molecule has 0 N–H and O–H groups in total. The van der Waals surface area contributed by atoms with Gasteiger partial charge in [0.2, 0.25) is 0 Å². The summed E-state index contributed by atoms with van der Waals surface area (Å²) < 4.78 is 0. The highest BCUT2D eigenvalue weighted by molar-refractivity contribution is 6.34. The average molecular weight is 298 g/mol. The quantitative estimate of drug-likeness (QED) is 0.804. The lowest BCUT2D eigenvalue weighted by Gasteiger charge is -2.33. The van der Waals surface area contributed by atoms with E-state index in [4.69, 9.17) is 23.2 Å². The van der Waals surface area contributed by atoms with Gasteiger partial charge in [-0.1, -0.05) is 23.2 Å². The maximum atomic E-state index is 12.6. The number of aromatic nitrogens is 1. The first kappa shape index (κ1) is 14.1. The van der Waals surface area contributed by atoms with Gasteiger partial charge in [0.1, 0.15) is 16.4 Å². The summed E-state index contributed by atoms with van der Waals surface area (Å²) in [7, 11) is 0. The highest BCUT2D eigenvalue weighted by atomic mass is 35.5. The Hall–Kier alpha value is -1.31. The molecule has 1 amide bonds. The van der Waals surface area contributed by atoms with Crippen molar-refractivity contribution < 1.29 is 4.79 Å². The van der Waals surface area contributed by atoms with Gasteiger partial charge in [0.25, 0.3) is 5.91 Å². The van der Waals surface area contributed by atoms with E-state index >= 15 is 0 Å². The molecule has 4 nitrogen and oxygen atoms in total. The number of nitrogens with zero attached hydrogens (tertiary/aromatic N) is 3. The topological polar surface area (TPSA) is 57.0 Å². The molecule has 0 radical (unpaired) electrons. The molecule has 0 unspecified atom stereocenters.